The lowest BCUT2D eigenvalue weighted by atomic mass is 10.0. The zero-order valence-corrected chi connectivity index (χ0v) is 18.0. The van der Waals surface area contributed by atoms with E-state index in [0.29, 0.717) is 11.1 Å². The van der Waals surface area contributed by atoms with E-state index in [4.69, 9.17) is 4.42 Å². The normalized spacial score (nSPS) is 11.3. The average molecular weight is 399 g/mol. The van der Waals surface area contributed by atoms with Gasteiger partial charge in [-0.25, -0.2) is 9.48 Å². The molecule has 2 aromatic heterocycles. The molecule has 29 heavy (non-hydrogen) atoms. The molecule has 5 heteroatoms. The first kappa shape index (κ1) is 19.0. The summed E-state index contributed by atoms with van der Waals surface area (Å²) in [5, 5.41) is 5.27. The molecular formula is C24H22N2O2Si. The van der Waals surface area contributed by atoms with Gasteiger partial charge in [-0.15, -0.1) is 5.54 Å². The molecule has 0 radical (unpaired) electrons. The van der Waals surface area contributed by atoms with Crippen LogP contribution < -0.4 is 5.63 Å². The summed E-state index contributed by atoms with van der Waals surface area (Å²) in [5.41, 5.74) is 7.66. The Morgan fingerprint density at radius 1 is 1.00 bits per heavy atom. The fourth-order valence-electron chi connectivity index (χ4n) is 3.00. The minimum absolute atomic E-state index is 0.354. The number of fused-ring (bicyclic) bond motifs is 1. The second-order valence-electron chi connectivity index (χ2n) is 8.15. The summed E-state index contributed by atoms with van der Waals surface area (Å²) < 4.78 is 7.39. The van der Waals surface area contributed by atoms with Gasteiger partial charge in [0.05, 0.1) is 16.9 Å². The molecule has 144 valence electrons. The Morgan fingerprint density at radius 3 is 2.41 bits per heavy atom. The van der Waals surface area contributed by atoms with Crippen LogP contribution >= 0.6 is 0 Å². The number of benzene rings is 2. The van der Waals surface area contributed by atoms with Crippen molar-refractivity contribution >= 4 is 19.0 Å². The van der Waals surface area contributed by atoms with Crippen LogP contribution in [0.15, 0.2) is 70.0 Å². The van der Waals surface area contributed by atoms with Gasteiger partial charge in [0, 0.05) is 23.2 Å². The number of aromatic nitrogens is 2. The van der Waals surface area contributed by atoms with Crippen LogP contribution in [0.5, 0.6) is 0 Å². The van der Waals surface area contributed by atoms with E-state index in [9.17, 15) is 4.79 Å². The maximum absolute atomic E-state index is 12.6. The van der Waals surface area contributed by atoms with Crippen molar-refractivity contribution in [2.75, 3.05) is 0 Å². The van der Waals surface area contributed by atoms with Crippen LogP contribution in [-0.4, -0.2) is 17.9 Å². The third kappa shape index (κ3) is 4.23. The topological polar surface area (TPSA) is 48.0 Å². The lowest BCUT2D eigenvalue weighted by Gasteiger charge is -2.06. The van der Waals surface area contributed by atoms with E-state index in [-0.39, 0.29) is 5.63 Å². The van der Waals surface area contributed by atoms with Crippen LogP contribution in [0.25, 0.3) is 27.8 Å². The highest BCUT2D eigenvalue weighted by atomic mass is 28.3. The molecule has 0 aliphatic carbocycles. The smallest absolute Gasteiger partial charge is 0.344 e. The Labute approximate surface area is 170 Å². The molecular weight excluding hydrogens is 376 g/mol. The van der Waals surface area contributed by atoms with E-state index in [1.807, 2.05) is 67.7 Å². The van der Waals surface area contributed by atoms with Gasteiger partial charge >= 0.3 is 5.63 Å². The SMILES string of the molecule is Cc1ccn(-c2ccc3cc(-c4ccc(C#C[Si](C)(C)C)cc4)c(=O)oc3c2)n1. The van der Waals surface area contributed by atoms with Crippen LogP contribution in [0.3, 0.4) is 0 Å². The lowest BCUT2D eigenvalue weighted by molar-refractivity contribution is 0.563. The van der Waals surface area contributed by atoms with E-state index in [2.05, 4.69) is 36.2 Å². The van der Waals surface area contributed by atoms with E-state index in [1.54, 1.807) is 4.68 Å². The predicted octanol–water partition coefficient (Wildman–Crippen LogP) is 5.18. The number of aryl methyl sites for hydroxylation is 1. The van der Waals surface area contributed by atoms with Crippen LogP contribution in [0.2, 0.25) is 19.6 Å². The Hall–Kier alpha value is -3.36. The molecule has 2 aromatic carbocycles. The molecule has 0 saturated carbocycles. The maximum atomic E-state index is 12.6. The molecule has 0 unspecified atom stereocenters. The number of hydrogen-bond acceptors (Lipinski definition) is 3. The van der Waals surface area contributed by atoms with E-state index < -0.39 is 8.07 Å². The fraction of sp³-hybridized carbons (Fsp3) is 0.167. The number of nitrogens with zero attached hydrogens (tertiary/aromatic N) is 2. The van der Waals surface area contributed by atoms with Crippen molar-refractivity contribution in [1.82, 2.24) is 9.78 Å². The molecule has 0 N–H and O–H groups in total. The number of hydrogen-bond donors (Lipinski definition) is 0. The Bertz CT molecular complexity index is 1310. The first-order valence-corrected chi connectivity index (χ1v) is 13.0. The molecule has 2 heterocycles. The van der Waals surface area contributed by atoms with Gasteiger partial charge in [0.15, 0.2) is 0 Å². The van der Waals surface area contributed by atoms with Gasteiger partial charge in [0.2, 0.25) is 0 Å². The quantitative estimate of drug-likeness (QED) is 0.265. The van der Waals surface area contributed by atoms with Crippen molar-refractivity contribution in [3.63, 3.8) is 0 Å². The summed E-state index contributed by atoms with van der Waals surface area (Å²) in [6.45, 7) is 8.58. The summed E-state index contributed by atoms with van der Waals surface area (Å²) in [4.78, 5) is 12.6. The first-order chi connectivity index (χ1) is 13.8. The lowest BCUT2D eigenvalue weighted by Crippen LogP contribution is -2.16. The highest BCUT2D eigenvalue weighted by molar-refractivity contribution is 6.83. The molecule has 4 rings (SSSR count). The molecule has 0 saturated heterocycles. The van der Waals surface area contributed by atoms with Crippen molar-refractivity contribution in [3.05, 3.63) is 82.5 Å². The highest BCUT2D eigenvalue weighted by Gasteiger charge is 2.10. The van der Waals surface area contributed by atoms with Gasteiger partial charge in [-0.1, -0.05) is 37.7 Å². The maximum Gasteiger partial charge on any atom is 0.344 e. The third-order valence-corrected chi connectivity index (χ3v) is 5.36. The molecule has 0 aliphatic heterocycles. The largest absolute Gasteiger partial charge is 0.422 e. The zero-order valence-electron chi connectivity index (χ0n) is 17.0. The highest BCUT2D eigenvalue weighted by Crippen LogP contribution is 2.23. The molecule has 4 nitrogen and oxygen atoms in total. The van der Waals surface area contributed by atoms with Gasteiger partial charge in [-0.05, 0) is 48.9 Å². The molecule has 0 atom stereocenters. The van der Waals surface area contributed by atoms with Crippen LogP contribution in [0.1, 0.15) is 11.3 Å². The van der Waals surface area contributed by atoms with Gasteiger partial charge < -0.3 is 4.42 Å². The Morgan fingerprint density at radius 2 is 1.76 bits per heavy atom. The standard InChI is InChI=1S/C24H22N2O2Si/c1-17-11-13-26(25-17)21-10-9-20-15-22(24(27)28-23(20)16-21)19-7-5-18(6-8-19)12-14-29(2,3)4/h5-11,13,15-16H,1-4H3. The van der Waals surface area contributed by atoms with Crippen LogP contribution in [0, 0.1) is 18.4 Å². The monoisotopic (exact) mass is 398 g/mol. The third-order valence-electron chi connectivity index (χ3n) is 4.48. The Kier molecular flexibility index (Phi) is 4.73. The molecule has 0 fully saturated rings. The summed E-state index contributed by atoms with van der Waals surface area (Å²) >= 11 is 0. The van der Waals surface area contributed by atoms with Crippen molar-refractivity contribution in [3.8, 4) is 28.3 Å². The van der Waals surface area contributed by atoms with Crippen molar-refractivity contribution in [2.24, 2.45) is 0 Å². The molecule has 0 amide bonds. The predicted molar refractivity (Wildman–Crippen MR) is 120 cm³/mol. The zero-order chi connectivity index (χ0) is 20.6. The van der Waals surface area contributed by atoms with Gasteiger partial charge in [0.1, 0.15) is 13.7 Å². The second kappa shape index (κ2) is 7.23. The molecule has 0 bridgehead atoms. The van der Waals surface area contributed by atoms with Crippen molar-refractivity contribution in [1.29, 1.82) is 0 Å². The minimum atomic E-state index is -1.42. The fourth-order valence-corrected chi connectivity index (χ4v) is 3.51. The van der Waals surface area contributed by atoms with Crippen LogP contribution in [0.4, 0.5) is 0 Å². The molecule has 4 aromatic rings. The van der Waals surface area contributed by atoms with Gasteiger partial charge in [-0.2, -0.15) is 5.10 Å². The summed E-state index contributed by atoms with van der Waals surface area (Å²) in [6.07, 6.45) is 1.88. The summed E-state index contributed by atoms with van der Waals surface area (Å²) in [5.74, 6) is 3.23. The summed E-state index contributed by atoms with van der Waals surface area (Å²) in [7, 11) is -1.42. The number of rotatable bonds is 2. The van der Waals surface area contributed by atoms with Crippen molar-refractivity contribution in [2.45, 2.75) is 26.6 Å². The van der Waals surface area contributed by atoms with Crippen molar-refractivity contribution < 1.29 is 4.42 Å². The first-order valence-electron chi connectivity index (χ1n) is 9.53. The molecule has 0 spiro atoms. The second-order valence-corrected chi connectivity index (χ2v) is 12.9. The van der Waals surface area contributed by atoms with Crippen LogP contribution in [-0.2, 0) is 0 Å². The summed E-state index contributed by atoms with van der Waals surface area (Å²) in [6, 6.07) is 17.3. The van der Waals surface area contributed by atoms with E-state index >= 15 is 0 Å². The average Bonchev–Trinajstić information content (AvgIpc) is 3.12. The molecule has 0 aliphatic rings. The minimum Gasteiger partial charge on any atom is -0.422 e. The van der Waals surface area contributed by atoms with Gasteiger partial charge in [-0.3, -0.25) is 0 Å². The van der Waals surface area contributed by atoms with Gasteiger partial charge in [0.25, 0.3) is 0 Å². The van der Waals surface area contributed by atoms with E-state index in [0.717, 1.165) is 27.9 Å². The Balaban J connectivity index is 1.70. The van der Waals surface area contributed by atoms with E-state index in [1.165, 1.54) is 0 Å².